The maximum Gasteiger partial charge on any atom is 0.272 e. The lowest BCUT2D eigenvalue weighted by Crippen LogP contribution is -2.41. The molecule has 1 saturated heterocycles. The van der Waals surface area contributed by atoms with Crippen molar-refractivity contribution in [3.63, 3.8) is 0 Å². The average molecular weight is 378 g/mol. The molecule has 0 bridgehead atoms. The molecule has 26 heavy (non-hydrogen) atoms. The quantitative estimate of drug-likeness (QED) is 0.803. The normalized spacial score (nSPS) is 15.0. The molecule has 0 radical (unpaired) electrons. The molecule has 2 aromatic rings. The van der Waals surface area contributed by atoms with Gasteiger partial charge in [-0.2, -0.15) is 0 Å². The number of aromatic nitrogens is 2. The van der Waals surface area contributed by atoms with Crippen molar-refractivity contribution in [2.45, 2.75) is 33.2 Å². The predicted molar refractivity (Wildman–Crippen MR) is 102 cm³/mol. The van der Waals surface area contributed by atoms with Crippen molar-refractivity contribution >= 4 is 28.5 Å². The Bertz CT molecular complexity index is 857. The topological polar surface area (TPSA) is 64.4 Å². The molecule has 0 spiro atoms. The molecular formula is C19H24ClN3O3. The highest BCUT2D eigenvalue weighted by atomic mass is 35.5. The smallest absolute Gasteiger partial charge is 0.272 e. The largest absolute Gasteiger partial charge is 0.378 e. The summed E-state index contributed by atoms with van der Waals surface area (Å²) >= 11 is 6.10. The minimum atomic E-state index is -0.122. The third kappa shape index (κ3) is 4.24. The zero-order valence-electron chi connectivity index (χ0n) is 15.2. The van der Waals surface area contributed by atoms with Crippen molar-refractivity contribution < 1.29 is 9.53 Å². The monoisotopic (exact) mass is 377 g/mol. The average Bonchev–Trinajstić information content (AvgIpc) is 2.62. The first-order valence-electron chi connectivity index (χ1n) is 9.00. The Morgan fingerprint density at radius 1 is 1.31 bits per heavy atom. The minimum Gasteiger partial charge on any atom is -0.378 e. The number of benzene rings is 1. The van der Waals surface area contributed by atoms with Gasteiger partial charge in [0.1, 0.15) is 5.69 Å². The van der Waals surface area contributed by atoms with Gasteiger partial charge in [-0.15, -0.1) is 0 Å². The molecule has 1 fully saturated rings. The second kappa shape index (κ2) is 8.18. The summed E-state index contributed by atoms with van der Waals surface area (Å²) in [6.45, 7) is 7.09. The van der Waals surface area contributed by atoms with Crippen molar-refractivity contribution in [1.82, 2.24) is 14.5 Å². The van der Waals surface area contributed by atoms with E-state index in [1.54, 1.807) is 21.6 Å². The van der Waals surface area contributed by atoms with Crippen LogP contribution in [-0.2, 0) is 22.5 Å². The first-order chi connectivity index (χ1) is 12.5. The molecule has 6 nitrogen and oxygen atoms in total. The molecule has 2 heterocycles. The van der Waals surface area contributed by atoms with Crippen LogP contribution in [0.3, 0.4) is 0 Å². The van der Waals surface area contributed by atoms with Crippen LogP contribution in [0.1, 0.15) is 26.0 Å². The number of aryl methyl sites for hydroxylation is 1. The molecule has 0 unspecified atom stereocenters. The summed E-state index contributed by atoms with van der Waals surface area (Å²) in [4.78, 5) is 31.6. The summed E-state index contributed by atoms with van der Waals surface area (Å²) in [7, 11) is 0. The highest BCUT2D eigenvalue weighted by Crippen LogP contribution is 2.18. The van der Waals surface area contributed by atoms with Crippen LogP contribution in [0.15, 0.2) is 23.0 Å². The van der Waals surface area contributed by atoms with Gasteiger partial charge in [-0.1, -0.05) is 25.4 Å². The van der Waals surface area contributed by atoms with Gasteiger partial charge in [-0.05, 0) is 24.1 Å². The van der Waals surface area contributed by atoms with Crippen LogP contribution >= 0.6 is 11.6 Å². The molecule has 0 N–H and O–H groups in total. The van der Waals surface area contributed by atoms with Gasteiger partial charge in [0.2, 0.25) is 5.91 Å². The number of morpholine rings is 1. The van der Waals surface area contributed by atoms with E-state index in [0.29, 0.717) is 61.4 Å². The Morgan fingerprint density at radius 3 is 2.73 bits per heavy atom. The van der Waals surface area contributed by atoms with Gasteiger partial charge in [0.15, 0.2) is 0 Å². The fourth-order valence-electron chi connectivity index (χ4n) is 3.18. The lowest BCUT2D eigenvalue weighted by Gasteiger charge is -2.26. The van der Waals surface area contributed by atoms with Crippen LogP contribution < -0.4 is 5.56 Å². The number of hydrogen-bond acceptors (Lipinski definition) is 4. The maximum atomic E-state index is 12.9. The number of amides is 1. The number of rotatable bonds is 5. The van der Waals surface area contributed by atoms with Crippen molar-refractivity contribution in [3.05, 3.63) is 39.3 Å². The van der Waals surface area contributed by atoms with Gasteiger partial charge in [0.05, 0.1) is 24.2 Å². The van der Waals surface area contributed by atoms with Crippen LogP contribution in [0, 0.1) is 5.92 Å². The van der Waals surface area contributed by atoms with Crippen molar-refractivity contribution in [2.75, 3.05) is 26.3 Å². The summed E-state index contributed by atoms with van der Waals surface area (Å²) in [5.74, 6) is 0.355. The molecule has 1 aromatic carbocycles. The van der Waals surface area contributed by atoms with Crippen molar-refractivity contribution in [3.8, 4) is 0 Å². The Morgan fingerprint density at radius 2 is 2.04 bits per heavy atom. The molecule has 1 aromatic heterocycles. The zero-order chi connectivity index (χ0) is 18.7. The van der Waals surface area contributed by atoms with Gasteiger partial charge in [-0.3, -0.25) is 9.59 Å². The Labute approximate surface area is 157 Å². The van der Waals surface area contributed by atoms with Crippen LogP contribution in [0.25, 0.3) is 11.0 Å². The summed E-state index contributed by atoms with van der Waals surface area (Å²) in [5, 5.41) is 0.579. The summed E-state index contributed by atoms with van der Waals surface area (Å²) < 4.78 is 7.02. The second-order valence-corrected chi connectivity index (χ2v) is 7.43. The summed E-state index contributed by atoms with van der Waals surface area (Å²) in [5.41, 5.74) is 1.76. The lowest BCUT2D eigenvalue weighted by molar-refractivity contribution is -0.135. The van der Waals surface area contributed by atoms with Crippen LogP contribution in [-0.4, -0.2) is 46.7 Å². The first-order valence-corrected chi connectivity index (χ1v) is 9.38. The number of hydrogen-bond donors (Lipinski definition) is 0. The summed E-state index contributed by atoms with van der Waals surface area (Å²) in [6.07, 6.45) is 0.603. The van der Waals surface area contributed by atoms with Crippen molar-refractivity contribution in [1.29, 1.82) is 0 Å². The standard InChI is InChI=1S/C19H24ClN3O3/c1-13(2)12-23-17-5-3-14(20)11-16(17)21-15(19(23)25)4-6-18(24)22-7-9-26-10-8-22/h3,5,11,13H,4,6-10,12H2,1-2H3. The number of fused-ring (bicyclic) bond motifs is 1. The van der Waals surface area contributed by atoms with E-state index >= 15 is 0 Å². The number of halogens is 1. The highest BCUT2D eigenvalue weighted by Gasteiger charge is 2.19. The van der Waals surface area contributed by atoms with E-state index in [1.807, 2.05) is 6.07 Å². The molecular weight excluding hydrogens is 354 g/mol. The van der Waals surface area contributed by atoms with Gasteiger partial charge < -0.3 is 14.2 Å². The third-order valence-electron chi connectivity index (χ3n) is 4.46. The lowest BCUT2D eigenvalue weighted by atomic mass is 10.1. The number of nitrogens with zero attached hydrogens (tertiary/aromatic N) is 3. The van der Waals surface area contributed by atoms with Crippen LogP contribution in [0.4, 0.5) is 0 Å². The minimum absolute atomic E-state index is 0.0381. The molecule has 3 rings (SSSR count). The molecule has 7 heteroatoms. The van der Waals surface area contributed by atoms with Crippen LogP contribution in [0.5, 0.6) is 0 Å². The molecule has 0 aliphatic carbocycles. The molecule has 1 aliphatic rings. The SMILES string of the molecule is CC(C)Cn1c(=O)c(CCC(=O)N2CCOCC2)nc2cc(Cl)ccc21. The van der Waals surface area contributed by atoms with Gasteiger partial charge >= 0.3 is 0 Å². The summed E-state index contributed by atoms with van der Waals surface area (Å²) in [6, 6.07) is 5.36. The van der Waals surface area contributed by atoms with Gasteiger partial charge in [-0.25, -0.2) is 4.98 Å². The van der Waals surface area contributed by atoms with E-state index in [-0.39, 0.29) is 17.9 Å². The number of ether oxygens (including phenoxy) is 1. The van der Waals surface area contributed by atoms with Crippen molar-refractivity contribution in [2.24, 2.45) is 5.92 Å². The van der Waals surface area contributed by atoms with E-state index in [1.165, 1.54) is 0 Å². The molecule has 1 aliphatic heterocycles. The van der Waals surface area contributed by atoms with Gasteiger partial charge in [0, 0.05) is 37.5 Å². The zero-order valence-corrected chi connectivity index (χ0v) is 16.0. The van der Waals surface area contributed by atoms with E-state index in [4.69, 9.17) is 16.3 Å². The van der Waals surface area contributed by atoms with Crippen LogP contribution in [0.2, 0.25) is 5.02 Å². The van der Waals surface area contributed by atoms with E-state index in [9.17, 15) is 9.59 Å². The first kappa shape index (κ1) is 18.9. The Kier molecular flexibility index (Phi) is 5.94. The molecule has 0 saturated carbocycles. The molecule has 140 valence electrons. The number of carbonyl (C=O) groups is 1. The highest BCUT2D eigenvalue weighted by molar-refractivity contribution is 6.31. The fourth-order valence-corrected chi connectivity index (χ4v) is 3.34. The fraction of sp³-hybridized carbons (Fsp3) is 0.526. The van der Waals surface area contributed by atoms with E-state index < -0.39 is 0 Å². The molecule has 0 atom stereocenters. The second-order valence-electron chi connectivity index (χ2n) is 6.99. The van der Waals surface area contributed by atoms with E-state index in [2.05, 4.69) is 18.8 Å². The Balaban J connectivity index is 1.88. The Hall–Kier alpha value is -1.92. The third-order valence-corrected chi connectivity index (χ3v) is 4.70. The van der Waals surface area contributed by atoms with E-state index in [0.717, 1.165) is 5.52 Å². The van der Waals surface area contributed by atoms with Gasteiger partial charge in [0.25, 0.3) is 5.56 Å². The number of carbonyl (C=O) groups excluding carboxylic acids is 1. The predicted octanol–water partition coefficient (Wildman–Crippen LogP) is 2.50. The molecule has 1 amide bonds. The maximum absolute atomic E-state index is 12.9.